The van der Waals surface area contributed by atoms with Gasteiger partial charge in [0.2, 0.25) is 5.12 Å². The van der Waals surface area contributed by atoms with Gasteiger partial charge in [0.05, 0.1) is 10.0 Å². The zero-order valence-corrected chi connectivity index (χ0v) is 8.19. The van der Waals surface area contributed by atoms with Crippen LogP contribution in [0.25, 0.3) is 0 Å². The van der Waals surface area contributed by atoms with E-state index in [1.54, 1.807) is 13.1 Å². The quantitative estimate of drug-likeness (QED) is 0.730. The summed E-state index contributed by atoms with van der Waals surface area (Å²) < 4.78 is 0. The number of thiol groups is 1. The van der Waals surface area contributed by atoms with Gasteiger partial charge in [0.25, 0.3) is 0 Å². The Morgan fingerprint density at radius 3 is 2.73 bits per heavy atom. The number of hydrogen-bond donors (Lipinski definition) is 2. The number of hydrogen-bond acceptors (Lipinski definition) is 3. The maximum atomic E-state index is 10.8. The summed E-state index contributed by atoms with van der Waals surface area (Å²) in [7, 11) is 1.77. The predicted molar refractivity (Wildman–Crippen MR) is 52.2 cm³/mol. The monoisotopic (exact) mass is 207 g/mol. The highest BCUT2D eigenvalue weighted by Gasteiger charge is 2.10. The molecule has 1 N–H and O–H groups in total. The van der Waals surface area contributed by atoms with Gasteiger partial charge in [-0.15, -0.1) is 11.3 Å². The lowest BCUT2D eigenvalue weighted by Gasteiger charge is -1.87. The van der Waals surface area contributed by atoms with Crippen LogP contribution in [-0.4, -0.2) is 12.2 Å². The van der Waals surface area contributed by atoms with E-state index in [2.05, 4.69) is 17.9 Å². The van der Waals surface area contributed by atoms with Gasteiger partial charge < -0.3 is 5.32 Å². The molecule has 0 atom stereocenters. The molecule has 0 aliphatic heterocycles. The van der Waals surface area contributed by atoms with Crippen LogP contribution in [0.4, 0.5) is 5.00 Å². The van der Waals surface area contributed by atoms with Crippen molar-refractivity contribution in [2.24, 2.45) is 0 Å². The third kappa shape index (κ3) is 1.89. The first-order valence-electron chi connectivity index (χ1n) is 2.85. The molecule has 0 saturated carbocycles. The Morgan fingerprint density at radius 2 is 2.45 bits per heavy atom. The second kappa shape index (κ2) is 3.47. The van der Waals surface area contributed by atoms with E-state index in [0.717, 1.165) is 5.00 Å². The Kier molecular flexibility index (Phi) is 2.81. The summed E-state index contributed by atoms with van der Waals surface area (Å²) in [6.07, 6.45) is 0. The SMILES string of the molecule is CNc1cc(Cl)c(C(=O)S)s1. The third-order valence-electron chi connectivity index (χ3n) is 1.13. The smallest absolute Gasteiger partial charge is 0.227 e. The topological polar surface area (TPSA) is 29.1 Å². The Balaban J connectivity index is 3.07. The summed E-state index contributed by atoms with van der Waals surface area (Å²) in [5, 5.41) is 3.93. The Hall–Kier alpha value is -0.190. The summed E-state index contributed by atoms with van der Waals surface area (Å²) in [5.41, 5.74) is 0. The zero-order chi connectivity index (χ0) is 8.43. The number of rotatable bonds is 2. The van der Waals surface area contributed by atoms with E-state index >= 15 is 0 Å². The minimum atomic E-state index is -0.290. The molecule has 1 rings (SSSR count). The van der Waals surface area contributed by atoms with Crippen LogP contribution < -0.4 is 5.32 Å². The molecule has 0 aliphatic carbocycles. The molecule has 0 fully saturated rings. The van der Waals surface area contributed by atoms with Crippen LogP contribution in [0.1, 0.15) is 9.67 Å². The van der Waals surface area contributed by atoms with Crippen molar-refractivity contribution >= 4 is 45.7 Å². The van der Waals surface area contributed by atoms with E-state index < -0.39 is 0 Å². The van der Waals surface area contributed by atoms with E-state index in [-0.39, 0.29) is 5.12 Å². The Morgan fingerprint density at radius 1 is 1.82 bits per heavy atom. The second-order valence-corrected chi connectivity index (χ2v) is 3.71. The third-order valence-corrected chi connectivity index (χ3v) is 3.06. The Labute approximate surface area is 79.0 Å². The lowest BCUT2D eigenvalue weighted by molar-refractivity contribution is 0.109. The largest absolute Gasteiger partial charge is 0.380 e. The summed E-state index contributed by atoms with van der Waals surface area (Å²) in [5.74, 6) is 0. The first kappa shape index (κ1) is 8.90. The van der Waals surface area contributed by atoms with Crippen LogP contribution in [0.3, 0.4) is 0 Å². The summed E-state index contributed by atoms with van der Waals surface area (Å²) in [4.78, 5) is 11.2. The van der Waals surface area contributed by atoms with Crippen LogP contribution in [0.15, 0.2) is 6.07 Å². The van der Waals surface area contributed by atoms with Crippen molar-refractivity contribution in [3.63, 3.8) is 0 Å². The van der Waals surface area contributed by atoms with E-state index in [9.17, 15) is 4.79 Å². The molecule has 0 bridgehead atoms. The van der Waals surface area contributed by atoms with Gasteiger partial charge in [-0.3, -0.25) is 4.79 Å². The predicted octanol–water partition coefficient (Wildman–Crippen LogP) is 2.51. The van der Waals surface area contributed by atoms with Gasteiger partial charge in [-0.05, 0) is 6.07 Å². The first-order chi connectivity index (χ1) is 5.15. The van der Waals surface area contributed by atoms with Crippen molar-refractivity contribution in [1.29, 1.82) is 0 Å². The van der Waals surface area contributed by atoms with Crippen LogP contribution in [0.2, 0.25) is 5.02 Å². The molecule has 0 amide bonds. The summed E-state index contributed by atoms with van der Waals surface area (Å²) in [6.45, 7) is 0. The molecule has 0 spiro atoms. The highest BCUT2D eigenvalue weighted by Crippen LogP contribution is 2.31. The fourth-order valence-electron chi connectivity index (χ4n) is 0.638. The lowest BCUT2D eigenvalue weighted by Crippen LogP contribution is -1.82. The van der Waals surface area contributed by atoms with Gasteiger partial charge >= 0.3 is 0 Å². The van der Waals surface area contributed by atoms with E-state index in [0.29, 0.717) is 9.90 Å². The molecule has 1 aromatic heterocycles. The summed E-state index contributed by atoms with van der Waals surface area (Å²) >= 11 is 10.7. The molecule has 0 radical (unpaired) electrons. The van der Waals surface area contributed by atoms with Crippen LogP contribution >= 0.6 is 35.6 Å². The van der Waals surface area contributed by atoms with Gasteiger partial charge in [0.1, 0.15) is 4.88 Å². The number of halogens is 1. The molecule has 0 aromatic carbocycles. The van der Waals surface area contributed by atoms with E-state index in [1.165, 1.54) is 11.3 Å². The van der Waals surface area contributed by atoms with Crippen molar-refractivity contribution in [1.82, 2.24) is 0 Å². The molecule has 11 heavy (non-hydrogen) atoms. The molecule has 1 heterocycles. The molecular formula is C6H6ClNOS2. The Bertz CT molecular complexity index is 284. The minimum absolute atomic E-state index is 0.290. The average molecular weight is 208 g/mol. The van der Waals surface area contributed by atoms with Gasteiger partial charge in [0.15, 0.2) is 0 Å². The van der Waals surface area contributed by atoms with E-state index in [1.807, 2.05) is 0 Å². The molecule has 2 nitrogen and oxygen atoms in total. The fourth-order valence-corrected chi connectivity index (χ4v) is 2.08. The average Bonchev–Trinajstić information content (AvgIpc) is 2.30. The van der Waals surface area contributed by atoms with E-state index in [4.69, 9.17) is 11.6 Å². The highest BCUT2D eigenvalue weighted by molar-refractivity contribution is 7.97. The minimum Gasteiger partial charge on any atom is -0.380 e. The number of carbonyl (C=O) groups excluding carboxylic acids is 1. The van der Waals surface area contributed by atoms with Crippen molar-refractivity contribution < 1.29 is 4.79 Å². The number of anilines is 1. The van der Waals surface area contributed by atoms with Crippen molar-refractivity contribution in [3.8, 4) is 0 Å². The maximum Gasteiger partial charge on any atom is 0.227 e. The lowest BCUT2D eigenvalue weighted by atomic mass is 10.5. The molecule has 5 heteroatoms. The zero-order valence-electron chi connectivity index (χ0n) is 5.72. The molecule has 0 saturated heterocycles. The first-order valence-corrected chi connectivity index (χ1v) is 4.49. The van der Waals surface area contributed by atoms with Crippen LogP contribution in [0, 0.1) is 0 Å². The molecule has 0 aliphatic rings. The standard InChI is InChI=1S/C6H6ClNOS2/c1-8-4-2-3(7)5(11-4)6(9)10/h2,8H,1H3,(H,9,10). The fraction of sp³-hybridized carbons (Fsp3) is 0.167. The highest BCUT2D eigenvalue weighted by atomic mass is 35.5. The van der Waals surface area contributed by atoms with Crippen molar-refractivity contribution in [2.75, 3.05) is 12.4 Å². The maximum absolute atomic E-state index is 10.8. The number of carbonyl (C=O) groups is 1. The second-order valence-electron chi connectivity index (χ2n) is 1.84. The van der Waals surface area contributed by atoms with Gasteiger partial charge in [-0.2, -0.15) is 0 Å². The molecular weight excluding hydrogens is 202 g/mol. The van der Waals surface area contributed by atoms with Crippen molar-refractivity contribution in [2.45, 2.75) is 0 Å². The number of thiophene rings is 1. The number of nitrogens with one attached hydrogen (secondary N) is 1. The van der Waals surface area contributed by atoms with Crippen LogP contribution in [0.5, 0.6) is 0 Å². The summed E-state index contributed by atoms with van der Waals surface area (Å²) in [6, 6.07) is 1.70. The normalized spacial score (nSPS) is 9.73. The van der Waals surface area contributed by atoms with Crippen molar-refractivity contribution in [3.05, 3.63) is 16.0 Å². The van der Waals surface area contributed by atoms with Gasteiger partial charge in [-0.25, -0.2) is 0 Å². The van der Waals surface area contributed by atoms with Gasteiger partial charge in [0, 0.05) is 7.05 Å². The molecule has 60 valence electrons. The molecule has 1 aromatic rings. The van der Waals surface area contributed by atoms with Gasteiger partial charge in [-0.1, -0.05) is 24.2 Å². The molecule has 0 unspecified atom stereocenters. The van der Waals surface area contributed by atoms with Crippen LogP contribution in [-0.2, 0) is 0 Å².